The monoisotopic (exact) mass is 878 g/mol. The highest BCUT2D eigenvalue weighted by atomic mass is 32.1. The van der Waals surface area contributed by atoms with Gasteiger partial charge in [-0.15, -0.1) is 0 Å². The van der Waals surface area contributed by atoms with Crippen LogP contribution in [0, 0.1) is 0 Å². The number of H-pyrrole nitrogens is 1. The molecule has 0 saturated heterocycles. The summed E-state index contributed by atoms with van der Waals surface area (Å²) in [7, 11) is 0. The van der Waals surface area contributed by atoms with E-state index in [1.165, 1.54) is 14.7 Å². The van der Waals surface area contributed by atoms with Crippen LogP contribution in [0.5, 0.6) is 0 Å². The van der Waals surface area contributed by atoms with E-state index in [1.807, 2.05) is 73.8 Å². The smallest absolute Gasteiger partial charge is 0.245 e. The second-order valence-electron chi connectivity index (χ2n) is 15.9. The number of hydrogen-bond donors (Lipinski definition) is 5. The minimum absolute atomic E-state index is 0.0111. The van der Waals surface area contributed by atoms with Gasteiger partial charge < -0.3 is 36.1 Å². The molecule has 1 unspecified atom stereocenters. The molecule has 63 heavy (non-hydrogen) atoms. The number of aromatic nitrogens is 2. The number of hydrogen-bond acceptors (Lipinski definition) is 10. The number of nitrogens with zero attached hydrogens (tertiary/aromatic N) is 4. The average Bonchev–Trinajstić information content (AvgIpc) is 3.91. The maximum Gasteiger partial charge on any atom is 0.245 e. The third kappa shape index (κ3) is 15.0. The lowest BCUT2D eigenvalue weighted by Crippen LogP contribution is -2.50. The van der Waals surface area contributed by atoms with Gasteiger partial charge in [-0.1, -0.05) is 61.5 Å². The lowest BCUT2D eigenvalue weighted by atomic mass is 9.98. The van der Waals surface area contributed by atoms with E-state index >= 15 is 0 Å². The van der Waals surface area contributed by atoms with Gasteiger partial charge in [-0.2, -0.15) is 12.6 Å². The number of nitrogens with one attached hydrogen (secondary N) is 3. The molecule has 2 aromatic heterocycles. The molecule has 2 heterocycles. The molecule has 14 nitrogen and oxygen atoms in total. The van der Waals surface area contributed by atoms with Crippen molar-refractivity contribution in [3.63, 3.8) is 0 Å². The molecule has 15 heteroatoms. The van der Waals surface area contributed by atoms with E-state index in [9.17, 15) is 28.8 Å². The highest BCUT2D eigenvalue weighted by molar-refractivity contribution is 7.80. The number of amides is 4. The molecule has 1 atom stereocenters. The Morgan fingerprint density at radius 1 is 0.841 bits per heavy atom. The van der Waals surface area contributed by atoms with Gasteiger partial charge in [0.05, 0.1) is 26.2 Å². The lowest BCUT2D eigenvalue weighted by molar-refractivity contribution is -0.141. The number of benzene rings is 2. The zero-order valence-corrected chi connectivity index (χ0v) is 37.3. The summed E-state index contributed by atoms with van der Waals surface area (Å²) >= 11 is 4.22. The van der Waals surface area contributed by atoms with E-state index in [1.54, 1.807) is 12.4 Å². The summed E-state index contributed by atoms with van der Waals surface area (Å²) in [6, 6.07) is 18.6. The topological polar surface area (TPSA) is 191 Å². The molecular weight excluding hydrogens is 817 g/mol. The van der Waals surface area contributed by atoms with Gasteiger partial charge in [0.2, 0.25) is 23.6 Å². The lowest BCUT2D eigenvalue weighted by Gasteiger charge is -2.28. The van der Waals surface area contributed by atoms with Gasteiger partial charge >= 0.3 is 0 Å². The first-order valence-electron chi connectivity index (χ1n) is 22.0. The number of para-hydroxylation sites is 1. The fourth-order valence-electron chi connectivity index (χ4n) is 7.76. The fraction of sp³-hybridized carbons (Fsp3) is 0.438. The largest absolute Gasteiger partial charge is 0.361 e. The van der Waals surface area contributed by atoms with Gasteiger partial charge in [0, 0.05) is 81.4 Å². The van der Waals surface area contributed by atoms with Gasteiger partial charge in [-0.25, -0.2) is 0 Å². The zero-order valence-electron chi connectivity index (χ0n) is 36.4. The number of carbonyl (C=O) groups is 6. The first-order chi connectivity index (χ1) is 30.6. The molecule has 0 aliphatic heterocycles. The maximum absolute atomic E-state index is 14.1. The summed E-state index contributed by atoms with van der Waals surface area (Å²) in [4.78, 5) is 93.6. The first-order valence-corrected chi connectivity index (χ1v) is 22.6. The molecule has 0 spiro atoms. The van der Waals surface area contributed by atoms with Crippen LogP contribution in [0.3, 0.4) is 0 Å². The molecule has 4 aromatic rings. The number of rotatable bonds is 28. The molecular formula is C48H62N8O6S. The summed E-state index contributed by atoms with van der Waals surface area (Å²) in [5, 5.41) is 7.09. The van der Waals surface area contributed by atoms with E-state index in [4.69, 9.17) is 5.73 Å². The number of ketones is 2. The van der Waals surface area contributed by atoms with Gasteiger partial charge in [0.15, 0.2) is 11.6 Å². The standard InChI is InChI=1S/C48H62N8O6S/c1-2-23-56(33-39(57)12-8-26-63)48(62)44(27-37-17-16-36-11-3-4-13-41(36)37)53-45(59)19-18-40(58)32-54(24-9-21-49)47(61)34-55(46(60)31-51-29-35-10-7-22-50-28-35)25-20-38-30-52-43-15-6-5-14-42(38)43/h3-7,10-11,13-15,17,22,28,30,44,51-52,63H,2,8-9,12,16,18-21,23-27,29,31-34,49H2,1H3,(H,53,59). The fourth-order valence-corrected chi connectivity index (χ4v) is 7.91. The van der Waals surface area contributed by atoms with Gasteiger partial charge in [-0.05, 0) is 84.4 Å². The van der Waals surface area contributed by atoms with Crippen molar-refractivity contribution in [2.75, 3.05) is 58.1 Å². The van der Waals surface area contributed by atoms with Crippen molar-refractivity contribution in [2.45, 2.75) is 77.3 Å². The van der Waals surface area contributed by atoms with Crippen molar-refractivity contribution in [2.24, 2.45) is 5.73 Å². The SMILES string of the molecule is CCCN(CC(=O)CCCS)C(=O)C(CC1=CCc2ccccc21)NC(=O)CCC(=O)CN(CCCN)C(=O)CN(CCc1c[nH]c2ccccc12)C(=O)CNCc1cccnc1. The Labute approximate surface area is 375 Å². The van der Waals surface area contributed by atoms with Crippen LogP contribution in [-0.4, -0.2) is 124 Å². The van der Waals surface area contributed by atoms with E-state index < -0.39 is 17.9 Å². The number of Topliss-reactive ketones (excluding diaryl/α,β-unsaturated/α-hetero) is 2. The average molecular weight is 879 g/mol. The van der Waals surface area contributed by atoms with Gasteiger partial charge in [-0.3, -0.25) is 33.8 Å². The number of aromatic amines is 1. The third-order valence-corrected chi connectivity index (χ3v) is 11.4. The molecule has 0 saturated carbocycles. The Kier molecular flexibility index (Phi) is 19.6. The number of allylic oxidation sites excluding steroid dienone is 1. The van der Waals surface area contributed by atoms with Gasteiger partial charge in [0.1, 0.15) is 6.04 Å². The molecule has 4 amide bonds. The second kappa shape index (κ2) is 25.5. The van der Waals surface area contributed by atoms with Crippen molar-refractivity contribution >= 4 is 64.3 Å². The van der Waals surface area contributed by atoms with Crippen molar-refractivity contribution in [1.82, 2.24) is 35.3 Å². The molecule has 5 rings (SSSR count). The Morgan fingerprint density at radius 3 is 2.38 bits per heavy atom. The summed E-state index contributed by atoms with van der Waals surface area (Å²) < 4.78 is 0. The van der Waals surface area contributed by atoms with E-state index in [-0.39, 0.29) is 88.5 Å². The Balaban J connectivity index is 1.23. The minimum atomic E-state index is -0.955. The maximum atomic E-state index is 14.1. The molecule has 1 aliphatic rings. The molecule has 1 aliphatic carbocycles. The highest BCUT2D eigenvalue weighted by Gasteiger charge is 2.30. The van der Waals surface area contributed by atoms with Crippen LogP contribution in [0.4, 0.5) is 0 Å². The Hall–Kier alpha value is -5.64. The quantitative estimate of drug-likeness (QED) is 0.0519. The van der Waals surface area contributed by atoms with Crippen LogP contribution >= 0.6 is 12.6 Å². The predicted octanol–water partition coefficient (Wildman–Crippen LogP) is 4.28. The van der Waals surface area contributed by atoms with Crippen LogP contribution in [0.25, 0.3) is 16.5 Å². The third-order valence-electron chi connectivity index (χ3n) is 11.1. The summed E-state index contributed by atoms with van der Waals surface area (Å²) in [5.41, 5.74) is 11.8. The number of carbonyl (C=O) groups excluding carboxylic acids is 6. The Morgan fingerprint density at radius 2 is 1.60 bits per heavy atom. The zero-order chi connectivity index (χ0) is 45.0. The van der Waals surface area contributed by atoms with Crippen LogP contribution in [0.2, 0.25) is 0 Å². The van der Waals surface area contributed by atoms with Crippen LogP contribution in [-0.2, 0) is 48.2 Å². The number of thiol groups is 1. The molecule has 336 valence electrons. The molecule has 2 aromatic carbocycles. The minimum Gasteiger partial charge on any atom is -0.361 e. The van der Waals surface area contributed by atoms with E-state index in [0.29, 0.717) is 57.4 Å². The number of pyridine rings is 1. The molecule has 5 N–H and O–H groups in total. The van der Waals surface area contributed by atoms with Crippen LogP contribution in [0.15, 0.2) is 85.3 Å². The normalized spacial score (nSPS) is 12.3. The van der Waals surface area contributed by atoms with E-state index in [2.05, 4.69) is 39.3 Å². The predicted molar refractivity (Wildman–Crippen MR) is 249 cm³/mol. The summed E-state index contributed by atoms with van der Waals surface area (Å²) in [6.07, 6.45) is 10.4. The van der Waals surface area contributed by atoms with Crippen LogP contribution in [0.1, 0.15) is 74.1 Å². The Bertz CT molecular complexity index is 2190. The van der Waals surface area contributed by atoms with Crippen molar-refractivity contribution in [1.29, 1.82) is 0 Å². The summed E-state index contributed by atoms with van der Waals surface area (Å²) in [5.74, 6) is -1.36. The second-order valence-corrected chi connectivity index (χ2v) is 16.4. The first kappa shape index (κ1) is 48.4. The highest BCUT2D eigenvalue weighted by Crippen LogP contribution is 2.31. The number of fused-ring (bicyclic) bond motifs is 2. The van der Waals surface area contributed by atoms with Crippen LogP contribution < -0.4 is 16.4 Å². The van der Waals surface area contributed by atoms with E-state index in [0.717, 1.165) is 38.7 Å². The van der Waals surface area contributed by atoms with Crippen molar-refractivity contribution in [3.05, 3.63) is 108 Å². The van der Waals surface area contributed by atoms with Crippen molar-refractivity contribution < 1.29 is 28.8 Å². The van der Waals surface area contributed by atoms with Gasteiger partial charge in [0.25, 0.3) is 0 Å². The molecule has 0 fully saturated rings. The van der Waals surface area contributed by atoms with Crippen molar-refractivity contribution in [3.8, 4) is 0 Å². The summed E-state index contributed by atoms with van der Waals surface area (Å²) in [6.45, 7) is 2.88. The number of nitrogens with two attached hydrogens (primary N) is 1. The molecule has 0 bridgehead atoms. The molecule has 0 radical (unpaired) electrons.